The van der Waals surface area contributed by atoms with E-state index in [2.05, 4.69) is 0 Å². The molecular weight excluding hydrogens is 325 g/mol. The Balaban J connectivity index is 1.62. The molecule has 1 aromatic rings. The maximum absolute atomic E-state index is 13.5. The van der Waals surface area contributed by atoms with Crippen molar-refractivity contribution in [2.75, 3.05) is 39.3 Å². The summed E-state index contributed by atoms with van der Waals surface area (Å²) in [5.41, 5.74) is 0.783. The van der Waals surface area contributed by atoms with Crippen LogP contribution in [0.1, 0.15) is 24.9 Å². The molecule has 2 saturated heterocycles. The van der Waals surface area contributed by atoms with Crippen molar-refractivity contribution in [3.63, 3.8) is 0 Å². The number of carbonyl (C=O) groups excluding carboxylic acids is 2. The Morgan fingerprint density at radius 2 is 1.88 bits per heavy atom. The van der Waals surface area contributed by atoms with Gasteiger partial charge in [0.2, 0.25) is 11.8 Å². The third-order valence-corrected chi connectivity index (χ3v) is 5.03. The molecule has 2 fully saturated rings. The number of carbonyl (C=O) groups is 2. The highest BCUT2D eigenvalue weighted by atomic mass is 19.1. The molecule has 2 aliphatic heterocycles. The lowest BCUT2D eigenvalue weighted by Gasteiger charge is -2.35. The fraction of sp³-hybridized carbons (Fsp3) is 0.556. The highest BCUT2D eigenvalue weighted by Gasteiger charge is 2.34. The molecule has 0 aromatic heterocycles. The van der Waals surface area contributed by atoms with Gasteiger partial charge < -0.3 is 14.9 Å². The van der Waals surface area contributed by atoms with Crippen LogP contribution in [0.2, 0.25) is 0 Å². The number of β-amino-alcohol motifs (C(OH)–C–C–N with tert-alkyl or cyclic N) is 1. The molecule has 0 spiro atoms. The Morgan fingerprint density at radius 1 is 1.20 bits per heavy atom. The van der Waals surface area contributed by atoms with Gasteiger partial charge in [0, 0.05) is 45.7 Å². The van der Waals surface area contributed by atoms with E-state index in [0.717, 1.165) is 5.56 Å². The van der Waals surface area contributed by atoms with Gasteiger partial charge in [0.1, 0.15) is 5.82 Å². The molecule has 1 aromatic carbocycles. The molecular formula is C18H24FN3O3. The molecule has 2 atom stereocenters. The van der Waals surface area contributed by atoms with E-state index in [1.165, 1.54) is 19.1 Å². The molecule has 1 N–H and O–H groups in total. The molecule has 136 valence electrons. The van der Waals surface area contributed by atoms with Crippen LogP contribution >= 0.6 is 0 Å². The Hall–Kier alpha value is -1.99. The van der Waals surface area contributed by atoms with Crippen LogP contribution in [0.15, 0.2) is 24.3 Å². The van der Waals surface area contributed by atoms with Crippen LogP contribution in [-0.2, 0) is 9.59 Å². The molecule has 0 saturated carbocycles. The first kappa shape index (κ1) is 17.8. The minimum atomic E-state index is -0.518. The predicted octanol–water partition coefficient (Wildman–Crippen LogP) is 0.624. The number of hydrogen-bond acceptors (Lipinski definition) is 4. The summed E-state index contributed by atoms with van der Waals surface area (Å²) in [5.74, 6) is -0.301. The maximum Gasteiger partial charge on any atom is 0.236 e. The van der Waals surface area contributed by atoms with Gasteiger partial charge in [-0.05, 0) is 24.1 Å². The summed E-state index contributed by atoms with van der Waals surface area (Å²) in [6.07, 6.45) is -0.0230. The maximum atomic E-state index is 13.5. The molecule has 2 heterocycles. The van der Waals surface area contributed by atoms with E-state index < -0.39 is 6.10 Å². The Labute approximate surface area is 146 Å². The first-order chi connectivity index (χ1) is 11.9. The summed E-state index contributed by atoms with van der Waals surface area (Å²) in [6, 6.07) is 6.17. The van der Waals surface area contributed by atoms with E-state index in [1.54, 1.807) is 15.9 Å². The van der Waals surface area contributed by atoms with Crippen molar-refractivity contribution < 1.29 is 19.1 Å². The van der Waals surface area contributed by atoms with Gasteiger partial charge in [0.15, 0.2) is 0 Å². The highest BCUT2D eigenvalue weighted by Crippen LogP contribution is 2.32. The lowest BCUT2D eigenvalue weighted by Crippen LogP contribution is -2.52. The third-order valence-electron chi connectivity index (χ3n) is 5.03. The van der Waals surface area contributed by atoms with E-state index in [-0.39, 0.29) is 30.2 Å². The number of piperazine rings is 1. The summed E-state index contributed by atoms with van der Waals surface area (Å²) < 4.78 is 13.5. The number of benzene rings is 1. The molecule has 6 nitrogen and oxygen atoms in total. The van der Waals surface area contributed by atoms with Crippen LogP contribution in [0, 0.1) is 5.82 Å². The smallest absolute Gasteiger partial charge is 0.236 e. The van der Waals surface area contributed by atoms with Gasteiger partial charge in [-0.1, -0.05) is 12.1 Å². The highest BCUT2D eigenvalue weighted by molar-refractivity contribution is 5.79. The van der Waals surface area contributed by atoms with Gasteiger partial charge in [-0.15, -0.1) is 0 Å². The molecule has 7 heteroatoms. The monoisotopic (exact) mass is 349 g/mol. The molecule has 0 aliphatic carbocycles. The van der Waals surface area contributed by atoms with Crippen LogP contribution in [0.25, 0.3) is 0 Å². The molecule has 0 bridgehead atoms. The number of rotatable bonds is 3. The van der Waals surface area contributed by atoms with Gasteiger partial charge in [-0.3, -0.25) is 14.5 Å². The fourth-order valence-corrected chi connectivity index (χ4v) is 3.66. The number of hydrogen-bond donors (Lipinski definition) is 1. The van der Waals surface area contributed by atoms with E-state index in [1.807, 2.05) is 11.0 Å². The first-order valence-corrected chi connectivity index (χ1v) is 8.65. The topological polar surface area (TPSA) is 64.1 Å². The van der Waals surface area contributed by atoms with Gasteiger partial charge in [0.05, 0.1) is 12.6 Å². The number of aliphatic hydroxyl groups is 1. The number of likely N-dealkylation sites (tertiary alicyclic amines) is 1. The van der Waals surface area contributed by atoms with Crippen molar-refractivity contribution in [2.24, 2.45) is 0 Å². The van der Waals surface area contributed by atoms with Crippen molar-refractivity contribution in [1.29, 1.82) is 0 Å². The van der Waals surface area contributed by atoms with Gasteiger partial charge in [-0.2, -0.15) is 0 Å². The minimum absolute atomic E-state index is 0.0151. The average Bonchev–Trinajstić information content (AvgIpc) is 2.95. The van der Waals surface area contributed by atoms with E-state index in [9.17, 15) is 19.1 Å². The van der Waals surface area contributed by atoms with Gasteiger partial charge in [0.25, 0.3) is 0 Å². The lowest BCUT2D eigenvalue weighted by atomic mass is 10.0. The Bertz CT molecular complexity index is 646. The standard InChI is InChI=1S/C18H24FN3O3/c1-13(23)20-5-7-21(8-6-20)18(25)12-22-11-16(24)10-17(22)14-3-2-4-15(19)9-14/h2-4,9,16-17,24H,5-8,10-12H2,1H3/t16-,17+/m1/s1. The number of halogens is 1. The molecule has 2 amide bonds. The fourth-order valence-electron chi connectivity index (χ4n) is 3.66. The van der Waals surface area contributed by atoms with Crippen molar-refractivity contribution in [2.45, 2.75) is 25.5 Å². The van der Waals surface area contributed by atoms with Crippen molar-refractivity contribution in [3.05, 3.63) is 35.6 Å². The van der Waals surface area contributed by atoms with Crippen molar-refractivity contribution in [3.8, 4) is 0 Å². The zero-order valence-electron chi connectivity index (χ0n) is 14.4. The molecule has 25 heavy (non-hydrogen) atoms. The third kappa shape index (κ3) is 4.16. The summed E-state index contributed by atoms with van der Waals surface area (Å²) >= 11 is 0. The summed E-state index contributed by atoms with van der Waals surface area (Å²) in [4.78, 5) is 29.4. The normalized spacial score (nSPS) is 24.6. The van der Waals surface area contributed by atoms with Crippen molar-refractivity contribution >= 4 is 11.8 Å². The molecule has 0 radical (unpaired) electrons. The summed E-state index contributed by atoms with van der Waals surface area (Å²) in [5, 5.41) is 10.0. The second-order valence-electron chi connectivity index (χ2n) is 6.78. The quantitative estimate of drug-likeness (QED) is 0.869. The Morgan fingerprint density at radius 3 is 2.52 bits per heavy atom. The first-order valence-electron chi connectivity index (χ1n) is 8.65. The predicted molar refractivity (Wildman–Crippen MR) is 90.2 cm³/mol. The second-order valence-corrected chi connectivity index (χ2v) is 6.78. The van der Waals surface area contributed by atoms with Crippen LogP contribution in [-0.4, -0.2) is 77.0 Å². The van der Waals surface area contributed by atoms with Crippen molar-refractivity contribution in [1.82, 2.24) is 14.7 Å². The molecule has 3 rings (SSSR count). The second kappa shape index (κ2) is 7.49. The van der Waals surface area contributed by atoms with E-state index >= 15 is 0 Å². The summed E-state index contributed by atoms with van der Waals surface area (Å²) in [6.45, 7) is 4.29. The van der Waals surface area contributed by atoms with E-state index in [4.69, 9.17) is 0 Å². The minimum Gasteiger partial charge on any atom is -0.392 e. The number of aliphatic hydroxyl groups excluding tert-OH is 1. The van der Waals surface area contributed by atoms with Crippen LogP contribution in [0.3, 0.4) is 0 Å². The largest absolute Gasteiger partial charge is 0.392 e. The zero-order valence-corrected chi connectivity index (χ0v) is 14.4. The van der Waals surface area contributed by atoms with Gasteiger partial charge in [-0.25, -0.2) is 4.39 Å². The zero-order chi connectivity index (χ0) is 18.0. The SMILES string of the molecule is CC(=O)N1CCN(C(=O)CN2C[C@H](O)C[C@H]2c2cccc(F)c2)CC1. The van der Waals surface area contributed by atoms with Crippen LogP contribution in [0.5, 0.6) is 0 Å². The molecule has 2 aliphatic rings. The number of nitrogens with zero attached hydrogens (tertiary/aromatic N) is 3. The van der Waals surface area contributed by atoms with Crippen LogP contribution in [0.4, 0.5) is 4.39 Å². The van der Waals surface area contributed by atoms with E-state index in [0.29, 0.717) is 39.1 Å². The Kier molecular flexibility index (Phi) is 5.34. The average molecular weight is 349 g/mol. The lowest BCUT2D eigenvalue weighted by molar-refractivity contribution is -0.139. The molecule has 0 unspecified atom stereocenters. The summed E-state index contributed by atoms with van der Waals surface area (Å²) in [7, 11) is 0. The van der Waals surface area contributed by atoms with Gasteiger partial charge >= 0.3 is 0 Å². The number of amides is 2. The van der Waals surface area contributed by atoms with Crippen LogP contribution < -0.4 is 0 Å².